The van der Waals surface area contributed by atoms with E-state index < -0.39 is 6.03 Å². The SMILES string of the molecule is COc1cc(NC(=O)CC(C)C2CCCNC2)ccc1NC(N)=O.Cl. The molecule has 0 bridgehead atoms. The lowest BCUT2D eigenvalue weighted by Gasteiger charge is -2.28. The summed E-state index contributed by atoms with van der Waals surface area (Å²) in [5.74, 6) is 1.29. The molecular weight excluding hydrogens is 344 g/mol. The largest absolute Gasteiger partial charge is 0.494 e. The van der Waals surface area contributed by atoms with Gasteiger partial charge in [0.1, 0.15) is 5.75 Å². The van der Waals surface area contributed by atoms with Crippen LogP contribution in [0.25, 0.3) is 0 Å². The third-order valence-electron chi connectivity index (χ3n) is 4.39. The number of carbonyl (C=O) groups is 2. The molecule has 8 heteroatoms. The van der Waals surface area contributed by atoms with E-state index in [1.54, 1.807) is 18.2 Å². The van der Waals surface area contributed by atoms with Gasteiger partial charge in [0.25, 0.3) is 0 Å². The van der Waals surface area contributed by atoms with Gasteiger partial charge in [-0.25, -0.2) is 4.79 Å². The molecular formula is C17H27ClN4O3. The summed E-state index contributed by atoms with van der Waals surface area (Å²) in [4.78, 5) is 23.2. The number of piperidine rings is 1. The van der Waals surface area contributed by atoms with E-state index >= 15 is 0 Å². The predicted molar refractivity (Wildman–Crippen MR) is 101 cm³/mol. The minimum Gasteiger partial charge on any atom is -0.494 e. The highest BCUT2D eigenvalue weighted by Gasteiger charge is 2.22. The van der Waals surface area contributed by atoms with Crippen molar-refractivity contribution in [3.8, 4) is 5.75 Å². The van der Waals surface area contributed by atoms with Gasteiger partial charge in [0, 0.05) is 18.2 Å². The van der Waals surface area contributed by atoms with Crippen LogP contribution < -0.4 is 26.4 Å². The second-order valence-electron chi connectivity index (χ2n) is 6.24. The number of nitrogens with one attached hydrogen (secondary N) is 3. The van der Waals surface area contributed by atoms with Crippen molar-refractivity contribution >= 4 is 35.7 Å². The van der Waals surface area contributed by atoms with Crippen LogP contribution in [0.5, 0.6) is 5.75 Å². The van der Waals surface area contributed by atoms with E-state index in [9.17, 15) is 9.59 Å². The second-order valence-corrected chi connectivity index (χ2v) is 6.24. The Hall–Kier alpha value is -1.99. The highest BCUT2D eigenvalue weighted by atomic mass is 35.5. The van der Waals surface area contributed by atoms with Gasteiger partial charge >= 0.3 is 6.03 Å². The zero-order chi connectivity index (χ0) is 17.5. The molecule has 2 rings (SSSR count). The zero-order valence-electron chi connectivity index (χ0n) is 14.6. The Bertz CT molecular complexity index is 591. The van der Waals surface area contributed by atoms with Crippen molar-refractivity contribution < 1.29 is 14.3 Å². The molecule has 2 unspecified atom stereocenters. The molecule has 2 atom stereocenters. The summed E-state index contributed by atoms with van der Waals surface area (Å²) in [5, 5.41) is 8.74. The zero-order valence-corrected chi connectivity index (χ0v) is 15.4. The van der Waals surface area contributed by atoms with Crippen LogP contribution in [0.1, 0.15) is 26.2 Å². The fraction of sp³-hybridized carbons (Fsp3) is 0.529. The molecule has 0 spiro atoms. The van der Waals surface area contributed by atoms with Gasteiger partial charge in [-0.05, 0) is 49.9 Å². The second kappa shape index (κ2) is 10.1. The van der Waals surface area contributed by atoms with Crippen molar-refractivity contribution in [2.45, 2.75) is 26.2 Å². The van der Waals surface area contributed by atoms with Crippen LogP contribution in [0.2, 0.25) is 0 Å². The molecule has 0 aliphatic carbocycles. The molecule has 0 radical (unpaired) electrons. The van der Waals surface area contributed by atoms with E-state index in [0.717, 1.165) is 13.1 Å². The number of amides is 3. The van der Waals surface area contributed by atoms with Gasteiger partial charge in [-0.2, -0.15) is 0 Å². The lowest BCUT2D eigenvalue weighted by molar-refractivity contribution is -0.117. The first kappa shape index (κ1) is 21.1. The van der Waals surface area contributed by atoms with Crippen LogP contribution >= 0.6 is 12.4 Å². The average molecular weight is 371 g/mol. The van der Waals surface area contributed by atoms with Crippen molar-refractivity contribution in [1.82, 2.24) is 5.32 Å². The molecule has 1 aromatic carbocycles. The molecule has 7 nitrogen and oxygen atoms in total. The summed E-state index contributed by atoms with van der Waals surface area (Å²) in [6.07, 6.45) is 2.82. The van der Waals surface area contributed by atoms with Crippen molar-refractivity contribution in [1.29, 1.82) is 0 Å². The normalized spacial score (nSPS) is 17.8. The van der Waals surface area contributed by atoms with E-state index in [4.69, 9.17) is 10.5 Å². The first-order chi connectivity index (χ1) is 11.5. The van der Waals surface area contributed by atoms with Crippen molar-refractivity contribution in [3.05, 3.63) is 18.2 Å². The molecule has 0 saturated carbocycles. The third-order valence-corrected chi connectivity index (χ3v) is 4.39. The van der Waals surface area contributed by atoms with E-state index in [1.807, 2.05) is 0 Å². The van der Waals surface area contributed by atoms with Crippen molar-refractivity contribution in [2.75, 3.05) is 30.8 Å². The number of rotatable bonds is 6. The highest BCUT2D eigenvalue weighted by molar-refractivity contribution is 5.93. The Labute approximate surface area is 154 Å². The maximum atomic E-state index is 12.3. The average Bonchev–Trinajstić information content (AvgIpc) is 2.56. The summed E-state index contributed by atoms with van der Waals surface area (Å²) >= 11 is 0. The molecule has 5 N–H and O–H groups in total. The maximum absolute atomic E-state index is 12.3. The van der Waals surface area contributed by atoms with Gasteiger partial charge in [-0.15, -0.1) is 12.4 Å². The first-order valence-corrected chi connectivity index (χ1v) is 8.24. The monoisotopic (exact) mass is 370 g/mol. The van der Waals surface area contributed by atoms with Crippen LogP contribution in [0, 0.1) is 11.8 Å². The van der Waals surface area contributed by atoms with Crippen molar-refractivity contribution in [3.63, 3.8) is 0 Å². The smallest absolute Gasteiger partial charge is 0.316 e. The molecule has 1 aromatic rings. The minimum absolute atomic E-state index is 0. The number of primary amides is 1. The molecule has 1 heterocycles. The summed E-state index contributed by atoms with van der Waals surface area (Å²) in [6, 6.07) is 4.35. The van der Waals surface area contributed by atoms with Gasteiger partial charge < -0.3 is 26.4 Å². The molecule has 140 valence electrons. The van der Waals surface area contributed by atoms with Gasteiger partial charge in [0.15, 0.2) is 0 Å². The van der Waals surface area contributed by atoms with Gasteiger partial charge in [0.2, 0.25) is 5.91 Å². The van der Waals surface area contributed by atoms with Crippen molar-refractivity contribution in [2.24, 2.45) is 17.6 Å². The molecule has 1 fully saturated rings. The molecule has 25 heavy (non-hydrogen) atoms. The van der Waals surface area contributed by atoms with E-state index in [2.05, 4.69) is 22.9 Å². The fourth-order valence-corrected chi connectivity index (χ4v) is 3.04. The van der Waals surface area contributed by atoms with Crippen LogP contribution in [0.15, 0.2) is 18.2 Å². The maximum Gasteiger partial charge on any atom is 0.316 e. The summed E-state index contributed by atoms with van der Waals surface area (Å²) in [7, 11) is 1.49. The molecule has 0 aromatic heterocycles. The topological polar surface area (TPSA) is 105 Å². The number of hydrogen-bond acceptors (Lipinski definition) is 4. The number of methoxy groups -OCH3 is 1. The number of benzene rings is 1. The number of urea groups is 1. The number of hydrogen-bond donors (Lipinski definition) is 4. The quantitative estimate of drug-likeness (QED) is 0.617. The van der Waals surface area contributed by atoms with Crippen LogP contribution in [0.3, 0.4) is 0 Å². The number of ether oxygens (including phenoxy) is 1. The standard InChI is InChI=1S/C17H26N4O3.ClH/c1-11(12-4-3-7-19-10-12)8-16(22)20-13-5-6-14(21-17(18)23)15(9-13)24-2;/h5-6,9,11-12,19H,3-4,7-8,10H2,1-2H3,(H,20,22)(H3,18,21,23);1H. The Balaban J connectivity index is 0.00000312. The van der Waals surface area contributed by atoms with Crippen LogP contribution in [-0.2, 0) is 4.79 Å². The first-order valence-electron chi connectivity index (χ1n) is 8.24. The molecule has 3 amide bonds. The summed E-state index contributed by atoms with van der Waals surface area (Å²) in [6.45, 7) is 4.17. The Morgan fingerprint density at radius 1 is 1.40 bits per heavy atom. The van der Waals surface area contributed by atoms with Gasteiger partial charge in [0.05, 0.1) is 12.8 Å². The van der Waals surface area contributed by atoms with E-state index in [-0.39, 0.29) is 18.3 Å². The number of halogens is 1. The van der Waals surface area contributed by atoms with Gasteiger partial charge in [-0.3, -0.25) is 4.79 Å². The summed E-state index contributed by atoms with van der Waals surface area (Å²) < 4.78 is 5.21. The molecule has 1 aliphatic heterocycles. The van der Waals surface area contributed by atoms with Crippen LogP contribution in [0.4, 0.5) is 16.2 Å². The number of anilines is 2. The summed E-state index contributed by atoms with van der Waals surface area (Å²) in [5.41, 5.74) is 6.20. The van der Waals surface area contributed by atoms with E-state index in [0.29, 0.717) is 35.4 Å². The van der Waals surface area contributed by atoms with E-state index in [1.165, 1.54) is 20.0 Å². The molecule has 1 aliphatic rings. The highest BCUT2D eigenvalue weighted by Crippen LogP contribution is 2.28. The lowest BCUT2D eigenvalue weighted by atomic mass is 9.85. The Kier molecular flexibility index (Phi) is 8.51. The third kappa shape index (κ3) is 6.43. The Morgan fingerprint density at radius 2 is 2.16 bits per heavy atom. The fourth-order valence-electron chi connectivity index (χ4n) is 3.04. The Morgan fingerprint density at radius 3 is 2.76 bits per heavy atom. The minimum atomic E-state index is -0.667. The number of nitrogens with two attached hydrogens (primary N) is 1. The number of carbonyl (C=O) groups excluding carboxylic acids is 2. The van der Waals surface area contributed by atoms with Crippen LogP contribution in [-0.4, -0.2) is 32.1 Å². The molecule has 1 saturated heterocycles. The predicted octanol–water partition coefficient (Wildman–Crippen LogP) is 2.57. The lowest BCUT2D eigenvalue weighted by Crippen LogP contribution is -2.34. The van der Waals surface area contributed by atoms with Gasteiger partial charge in [-0.1, -0.05) is 6.92 Å².